The Morgan fingerprint density at radius 3 is 2.76 bits per heavy atom. The number of piperidine rings is 1. The molecule has 116 valence electrons. The van der Waals surface area contributed by atoms with Crippen LogP contribution in [0.2, 0.25) is 5.02 Å². The van der Waals surface area contributed by atoms with Gasteiger partial charge in [-0.2, -0.15) is 0 Å². The summed E-state index contributed by atoms with van der Waals surface area (Å²) in [6.45, 7) is 4.68. The van der Waals surface area contributed by atoms with Crippen LogP contribution in [0.3, 0.4) is 0 Å². The molecule has 1 amide bonds. The van der Waals surface area contributed by atoms with Crippen molar-refractivity contribution in [2.75, 3.05) is 30.7 Å². The average molecular weight is 310 g/mol. The molecule has 0 aliphatic carbocycles. The fourth-order valence-electron chi connectivity index (χ4n) is 2.88. The third kappa shape index (κ3) is 4.90. The first-order valence-electron chi connectivity index (χ1n) is 7.65. The van der Waals surface area contributed by atoms with Gasteiger partial charge >= 0.3 is 0 Å². The Morgan fingerprint density at radius 2 is 2.14 bits per heavy atom. The fourth-order valence-corrected chi connectivity index (χ4v) is 3.06. The highest BCUT2D eigenvalue weighted by molar-refractivity contribution is 6.31. The van der Waals surface area contributed by atoms with E-state index in [0.29, 0.717) is 22.9 Å². The molecule has 0 radical (unpaired) electrons. The Bertz CT molecular complexity index is 484. The van der Waals surface area contributed by atoms with Crippen LogP contribution in [0.25, 0.3) is 0 Å². The molecular formula is C16H24ClN3O. The highest BCUT2D eigenvalue weighted by Crippen LogP contribution is 2.23. The quantitative estimate of drug-likeness (QED) is 0.820. The summed E-state index contributed by atoms with van der Waals surface area (Å²) < 4.78 is 0. The molecule has 1 aliphatic heterocycles. The monoisotopic (exact) mass is 309 g/mol. The molecule has 1 heterocycles. The van der Waals surface area contributed by atoms with E-state index in [-0.39, 0.29) is 5.91 Å². The van der Waals surface area contributed by atoms with Crippen molar-refractivity contribution in [3.05, 3.63) is 23.2 Å². The number of benzene rings is 1. The molecule has 1 aliphatic rings. The smallest absolute Gasteiger partial charge is 0.238 e. The Morgan fingerprint density at radius 1 is 1.43 bits per heavy atom. The largest absolute Gasteiger partial charge is 0.397 e. The Kier molecular flexibility index (Phi) is 5.88. The molecule has 1 aromatic carbocycles. The zero-order valence-corrected chi connectivity index (χ0v) is 13.3. The van der Waals surface area contributed by atoms with Gasteiger partial charge in [-0.3, -0.25) is 9.69 Å². The molecule has 0 saturated carbocycles. The Hall–Kier alpha value is -1.26. The Labute approximate surface area is 131 Å². The maximum absolute atomic E-state index is 12.1. The molecule has 3 N–H and O–H groups in total. The van der Waals surface area contributed by atoms with Crippen LogP contribution in [0, 0.1) is 5.92 Å². The van der Waals surface area contributed by atoms with E-state index in [4.69, 9.17) is 17.3 Å². The van der Waals surface area contributed by atoms with Crippen LogP contribution in [0.15, 0.2) is 18.2 Å². The number of halogens is 1. The van der Waals surface area contributed by atoms with Gasteiger partial charge in [-0.05, 0) is 50.0 Å². The lowest BCUT2D eigenvalue weighted by Gasteiger charge is -2.31. The van der Waals surface area contributed by atoms with Crippen LogP contribution in [0.5, 0.6) is 0 Å². The van der Waals surface area contributed by atoms with Gasteiger partial charge in [0, 0.05) is 5.02 Å². The second kappa shape index (κ2) is 7.66. The topological polar surface area (TPSA) is 58.4 Å². The molecule has 1 saturated heterocycles. The van der Waals surface area contributed by atoms with Crippen LogP contribution in [-0.2, 0) is 4.79 Å². The summed E-state index contributed by atoms with van der Waals surface area (Å²) in [5.41, 5.74) is 6.97. The molecule has 0 bridgehead atoms. The van der Waals surface area contributed by atoms with E-state index < -0.39 is 0 Å². The number of nitrogens with two attached hydrogens (primary N) is 1. The summed E-state index contributed by atoms with van der Waals surface area (Å²) in [5, 5.41) is 3.43. The predicted molar refractivity (Wildman–Crippen MR) is 88.6 cm³/mol. The predicted octanol–water partition coefficient (Wildman–Crippen LogP) is 3.37. The number of hydrogen-bond acceptors (Lipinski definition) is 3. The van der Waals surface area contributed by atoms with Crippen LogP contribution < -0.4 is 11.1 Å². The van der Waals surface area contributed by atoms with Gasteiger partial charge in [-0.15, -0.1) is 0 Å². The van der Waals surface area contributed by atoms with Crippen molar-refractivity contribution >= 4 is 28.9 Å². The van der Waals surface area contributed by atoms with Crippen molar-refractivity contribution in [1.29, 1.82) is 0 Å². The molecule has 0 aromatic heterocycles. The van der Waals surface area contributed by atoms with E-state index in [2.05, 4.69) is 17.1 Å². The lowest BCUT2D eigenvalue weighted by molar-refractivity contribution is -0.117. The van der Waals surface area contributed by atoms with Crippen LogP contribution in [0.4, 0.5) is 11.4 Å². The van der Waals surface area contributed by atoms with Gasteiger partial charge in [0.15, 0.2) is 0 Å². The molecule has 5 heteroatoms. The lowest BCUT2D eigenvalue weighted by atomic mass is 9.92. The zero-order chi connectivity index (χ0) is 15.2. The number of carbonyl (C=O) groups excluding carboxylic acids is 1. The number of amides is 1. The maximum Gasteiger partial charge on any atom is 0.238 e. The summed E-state index contributed by atoms with van der Waals surface area (Å²) >= 11 is 5.85. The molecule has 2 rings (SSSR count). The number of nitrogens with zero attached hydrogens (tertiary/aromatic N) is 1. The van der Waals surface area contributed by atoms with E-state index >= 15 is 0 Å². The standard InChI is InChI=1S/C16H24ClN3O/c1-2-3-12-6-8-20(9-7-12)11-16(21)19-15-5-4-13(17)10-14(15)18/h4-5,10,12H,2-3,6-9,11,18H2,1H3,(H,19,21). The van der Waals surface area contributed by atoms with E-state index in [1.807, 2.05) is 0 Å². The molecule has 4 nitrogen and oxygen atoms in total. The molecule has 0 spiro atoms. The number of nitrogens with one attached hydrogen (secondary N) is 1. The number of likely N-dealkylation sites (tertiary alicyclic amines) is 1. The number of carbonyl (C=O) groups is 1. The first kappa shape index (κ1) is 16.1. The van der Waals surface area contributed by atoms with Crippen LogP contribution in [-0.4, -0.2) is 30.4 Å². The van der Waals surface area contributed by atoms with Crippen molar-refractivity contribution in [3.63, 3.8) is 0 Å². The van der Waals surface area contributed by atoms with Gasteiger partial charge in [0.2, 0.25) is 5.91 Å². The second-order valence-electron chi connectivity index (χ2n) is 5.79. The zero-order valence-electron chi connectivity index (χ0n) is 12.6. The SMILES string of the molecule is CCCC1CCN(CC(=O)Nc2ccc(Cl)cc2N)CC1. The van der Waals surface area contributed by atoms with Gasteiger partial charge in [-0.1, -0.05) is 31.4 Å². The van der Waals surface area contributed by atoms with Crippen LogP contribution >= 0.6 is 11.6 Å². The van der Waals surface area contributed by atoms with E-state index in [1.54, 1.807) is 18.2 Å². The third-order valence-electron chi connectivity index (χ3n) is 4.06. The van der Waals surface area contributed by atoms with Gasteiger partial charge in [0.25, 0.3) is 0 Å². The van der Waals surface area contributed by atoms with Crippen LogP contribution in [0.1, 0.15) is 32.6 Å². The molecule has 1 aromatic rings. The maximum atomic E-state index is 12.1. The first-order valence-corrected chi connectivity index (χ1v) is 8.03. The average Bonchev–Trinajstić information content (AvgIpc) is 2.44. The van der Waals surface area contributed by atoms with Crippen molar-refractivity contribution in [1.82, 2.24) is 4.90 Å². The van der Waals surface area contributed by atoms with Crippen molar-refractivity contribution < 1.29 is 4.79 Å². The van der Waals surface area contributed by atoms with E-state index in [9.17, 15) is 4.79 Å². The normalized spacial score (nSPS) is 16.9. The summed E-state index contributed by atoms with van der Waals surface area (Å²) in [7, 11) is 0. The highest BCUT2D eigenvalue weighted by Gasteiger charge is 2.20. The molecule has 1 fully saturated rings. The minimum Gasteiger partial charge on any atom is -0.397 e. The van der Waals surface area contributed by atoms with Crippen molar-refractivity contribution in [3.8, 4) is 0 Å². The summed E-state index contributed by atoms with van der Waals surface area (Å²) in [4.78, 5) is 14.3. The van der Waals surface area contributed by atoms with E-state index in [0.717, 1.165) is 19.0 Å². The second-order valence-corrected chi connectivity index (χ2v) is 6.22. The molecule has 21 heavy (non-hydrogen) atoms. The third-order valence-corrected chi connectivity index (χ3v) is 4.29. The number of hydrogen-bond donors (Lipinski definition) is 2. The van der Waals surface area contributed by atoms with Gasteiger partial charge in [0.1, 0.15) is 0 Å². The first-order chi connectivity index (χ1) is 10.1. The lowest BCUT2D eigenvalue weighted by Crippen LogP contribution is -2.39. The van der Waals surface area contributed by atoms with Gasteiger partial charge < -0.3 is 11.1 Å². The van der Waals surface area contributed by atoms with Gasteiger partial charge in [0.05, 0.1) is 17.9 Å². The number of nitrogen functional groups attached to an aromatic ring is 1. The van der Waals surface area contributed by atoms with Crippen molar-refractivity contribution in [2.45, 2.75) is 32.6 Å². The molecule has 0 atom stereocenters. The molecular weight excluding hydrogens is 286 g/mol. The number of rotatable bonds is 5. The number of anilines is 2. The molecule has 0 unspecified atom stereocenters. The fraction of sp³-hybridized carbons (Fsp3) is 0.562. The minimum absolute atomic E-state index is 0.0158. The summed E-state index contributed by atoms with van der Waals surface area (Å²) in [5.74, 6) is 0.819. The minimum atomic E-state index is -0.0158. The summed E-state index contributed by atoms with van der Waals surface area (Å²) in [6.07, 6.45) is 4.96. The summed E-state index contributed by atoms with van der Waals surface area (Å²) in [6, 6.07) is 5.11. The Balaban J connectivity index is 1.80. The highest BCUT2D eigenvalue weighted by atomic mass is 35.5. The van der Waals surface area contributed by atoms with Gasteiger partial charge in [-0.25, -0.2) is 0 Å². The van der Waals surface area contributed by atoms with Crippen molar-refractivity contribution in [2.24, 2.45) is 5.92 Å². The van der Waals surface area contributed by atoms with E-state index in [1.165, 1.54) is 25.7 Å².